The number of anilines is 1. The molecule has 1 spiro atoms. The summed E-state index contributed by atoms with van der Waals surface area (Å²) in [4.78, 5) is 22.2. The molecule has 2 aromatic heterocycles. The van der Waals surface area contributed by atoms with Crippen molar-refractivity contribution in [3.63, 3.8) is 0 Å². The highest BCUT2D eigenvalue weighted by atomic mass is 16.5. The van der Waals surface area contributed by atoms with Crippen LogP contribution in [0.3, 0.4) is 0 Å². The van der Waals surface area contributed by atoms with Crippen molar-refractivity contribution in [2.75, 3.05) is 37.7 Å². The van der Waals surface area contributed by atoms with Crippen molar-refractivity contribution < 1.29 is 9.47 Å². The molecule has 0 unspecified atom stereocenters. The van der Waals surface area contributed by atoms with E-state index in [1.165, 1.54) is 5.69 Å². The van der Waals surface area contributed by atoms with Gasteiger partial charge in [-0.05, 0) is 33.7 Å². The van der Waals surface area contributed by atoms with E-state index in [1.807, 2.05) is 19.3 Å². The minimum atomic E-state index is -0.0517. The van der Waals surface area contributed by atoms with Crippen LogP contribution in [0.1, 0.15) is 43.0 Å². The van der Waals surface area contributed by atoms with Crippen molar-refractivity contribution >= 4 is 5.95 Å². The second-order valence-corrected chi connectivity index (χ2v) is 8.93. The summed E-state index contributed by atoms with van der Waals surface area (Å²) in [6.45, 7) is 12.1. The number of fused-ring (bicyclic) bond motifs is 2. The molecule has 3 aliphatic rings. The molecule has 0 saturated carbocycles. The molecule has 0 aliphatic carbocycles. The van der Waals surface area contributed by atoms with Gasteiger partial charge in [0.2, 0.25) is 5.95 Å². The third-order valence-corrected chi connectivity index (χ3v) is 6.27. The number of aromatic amines is 1. The normalized spacial score (nSPS) is 30.1. The molecule has 3 atom stereocenters. The molecule has 1 N–H and O–H groups in total. The predicted molar refractivity (Wildman–Crippen MR) is 109 cm³/mol. The number of imidazole rings is 1. The Kier molecular flexibility index (Phi) is 4.80. The van der Waals surface area contributed by atoms with E-state index >= 15 is 0 Å². The van der Waals surface area contributed by atoms with E-state index in [2.05, 4.69) is 38.6 Å². The molecule has 5 heterocycles. The van der Waals surface area contributed by atoms with Crippen molar-refractivity contribution in [1.82, 2.24) is 24.8 Å². The van der Waals surface area contributed by atoms with Gasteiger partial charge in [-0.25, -0.2) is 15.0 Å². The number of aromatic nitrogens is 4. The topological polar surface area (TPSA) is 79.4 Å². The van der Waals surface area contributed by atoms with Gasteiger partial charge in [0.25, 0.3) is 0 Å². The Morgan fingerprint density at radius 2 is 2.03 bits per heavy atom. The first-order chi connectivity index (χ1) is 14.0. The number of nitrogens with zero attached hydrogens (tertiary/aromatic N) is 5. The standard InChI is InChI=1S/C21H30N6O2/c1-14-8-27(9-15(2)29-14)20-23-6-17-11-28-13-21(19(17)25-20)4-5-26(12-21)10-18-7-22-16(3)24-18/h6-7,14-15H,4-5,8-13H2,1-3H3,(H,22,24)/t14-,15+,21-/m1/s1. The fourth-order valence-corrected chi connectivity index (χ4v) is 5.08. The summed E-state index contributed by atoms with van der Waals surface area (Å²) in [5.41, 5.74) is 3.43. The van der Waals surface area contributed by atoms with E-state index in [4.69, 9.17) is 14.5 Å². The van der Waals surface area contributed by atoms with Gasteiger partial charge in [-0.1, -0.05) is 0 Å². The average Bonchev–Trinajstić information content (AvgIpc) is 3.28. The molecule has 3 aliphatic heterocycles. The zero-order valence-electron chi connectivity index (χ0n) is 17.5. The summed E-state index contributed by atoms with van der Waals surface area (Å²) >= 11 is 0. The van der Waals surface area contributed by atoms with Crippen LogP contribution in [0.4, 0.5) is 5.95 Å². The highest BCUT2D eigenvalue weighted by Crippen LogP contribution is 2.40. The summed E-state index contributed by atoms with van der Waals surface area (Å²) in [5.74, 6) is 1.79. The number of hydrogen-bond acceptors (Lipinski definition) is 7. The highest BCUT2D eigenvalue weighted by molar-refractivity contribution is 5.39. The molecule has 8 heteroatoms. The SMILES string of the molecule is Cc1ncc(CN2CC[C@]3(COCc4cnc(N5C[C@@H](C)O[C@@H](C)C5)nc43)C2)[nH]1. The summed E-state index contributed by atoms with van der Waals surface area (Å²) in [6, 6.07) is 0. The smallest absolute Gasteiger partial charge is 0.225 e. The van der Waals surface area contributed by atoms with Crippen molar-refractivity contribution in [3.8, 4) is 0 Å². The number of morpholine rings is 1. The van der Waals surface area contributed by atoms with E-state index < -0.39 is 0 Å². The Labute approximate surface area is 171 Å². The maximum absolute atomic E-state index is 6.00. The summed E-state index contributed by atoms with van der Waals surface area (Å²) in [6.07, 6.45) is 5.35. The van der Waals surface area contributed by atoms with Crippen LogP contribution in [0.5, 0.6) is 0 Å². The Bertz CT molecular complexity index is 876. The van der Waals surface area contributed by atoms with Crippen LogP contribution < -0.4 is 4.90 Å². The minimum Gasteiger partial charge on any atom is -0.376 e. The van der Waals surface area contributed by atoms with Crippen molar-refractivity contribution in [1.29, 1.82) is 0 Å². The van der Waals surface area contributed by atoms with Gasteiger partial charge < -0.3 is 19.4 Å². The molecule has 0 bridgehead atoms. The van der Waals surface area contributed by atoms with Gasteiger partial charge in [-0.3, -0.25) is 4.90 Å². The summed E-state index contributed by atoms with van der Waals surface area (Å²) < 4.78 is 11.9. The number of hydrogen-bond donors (Lipinski definition) is 1. The van der Waals surface area contributed by atoms with Gasteiger partial charge in [-0.2, -0.15) is 0 Å². The molecule has 156 valence electrons. The first-order valence-corrected chi connectivity index (χ1v) is 10.6. The highest BCUT2D eigenvalue weighted by Gasteiger charge is 2.45. The predicted octanol–water partition coefficient (Wildman–Crippen LogP) is 1.80. The lowest BCUT2D eigenvalue weighted by molar-refractivity contribution is -0.00584. The van der Waals surface area contributed by atoms with Crippen LogP contribution in [-0.4, -0.2) is 69.8 Å². The number of H-pyrrole nitrogens is 1. The molecule has 2 aromatic rings. The maximum atomic E-state index is 6.00. The van der Waals surface area contributed by atoms with E-state index in [9.17, 15) is 0 Å². The maximum Gasteiger partial charge on any atom is 0.225 e. The Hall–Kier alpha value is -2.03. The Morgan fingerprint density at radius 3 is 2.79 bits per heavy atom. The molecular formula is C21H30N6O2. The molecule has 2 fully saturated rings. The minimum absolute atomic E-state index is 0.0517. The van der Waals surface area contributed by atoms with Crippen LogP contribution in [0.15, 0.2) is 12.4 Å². The number of nitrogens with one attached hydrogen (secondary N) is 1. The van der Waals surface area contributed by atoms with E-state index in [0.29, 0.717) is 6.61 Å². The van der Waals surface area contributed by atoms with Crippen molar-refractivity contribution in [2.45, 2.75) is 58.0 Å². The van der Waals surface area contributed by atoms with Crippen LogP contribution in [0.25, 0.3) is 0 Å². The average molecular weight is 399 g/mol. The van der Waals surface area contributed by atoms with Gasteiger partial charge in [0.05, 0.1) is 36.5 Å². The van der Waals surface area contributed by atoms with E-state index in [0.717, 1.165) is 68.8 Å². The first-order valence-electron chi connectivity index (χ1n) is 10.6. The lowest BCUT2D eigenvalue weighted by atomic mass is 9.80. The molecule has 29 heavy (non-hydrogen) atoms. The Morgan fingerprint density at radius 1 is 1.21 bits per heavy atom. The molecule has 8 nitrogen and oxygen atoms in total. The number of rotatable bonds is 3. The lowest BCUT2D eigenvalue weighted by Crippen LogP contribution is -2.47. The van der Waals surface area contributed by atoms with Crippen LogP contribution >= 0.6 is 0 Å². The van der Waals surface area contributed by atoms with Gasteiger partial charge >= 0.3 is 0 Å². The van der Waals surface area contributed by atoms with Gasteiger partial charge in [0.15, 0.2) is 0 Å². The number of aryl methyl sites for hydroxylation is 1. The lowest BCUT2D eigenvalue weighted by Gasteiger charge is -2.38. The molecular weight excluding hydrogens is 368 g/mol. The van der Waals surface area contributed by atoms with Crippen molar-refractivity contribution in [2.24, 2.45) is 0 Å². The van der Waals surface area contributed by atoms with E-state index in [-0.39, 0.29) is 17.6 Å². The van der Waals surface area contributed by atoms with E-state index in [1.54, 1.807) is 0 Å². The fourth-order valence-electron chi connectivity index (χ4n) is 5.08. The molecule has 0 radical (unpaired) electrons. The largest absolute Gasteiger partial charge is 0.376 e. The molecule has 0 aromatic carbocycles. The van der Waals surface area contributed by atoms with Gasteiger partial charge in [0, 0.05) is 49.8 Å². The van der Waals surface area contributed by atoms with Crippen LogP contribution in [0, 0.1) is 6.92 Å². The van der Waals surface area contributed by atoms with Gasteiger partial charge in [0.1, 0.15) is 5.82 Å². The first kappa shape index (κ1) is 19.0. The fraction of sp³-hybridized carbons (Fsp3) is 0.667. The van der Waals surface area contributed by atoms with Crippen molar-refractivity contribution in [3.05, 3.63) is 35.2 Å². The summed E-state index contributed by atoms with van der Waals surface area (Å²) in [7, 11) is 0. The third-order valence-electron chi connectivity index (χ3n) is 6.27. The zero-order valence-corrected chi connectivity index (χ0v) is 17.5. The third kappa shape index (κ3) is 3.65. The Balaban J connectivity index is 1.39. The number of ether oxygens (including phenoxy) is 2. The van der Waals surface area contributed by atoms with Crippen LogP contribution in [-0.2, 0) is 28.0 Å². The quantitative estimate of drug-likeness (QED) is 0.844. The summed E-state index contributed by atoms with van der Waals surface area (Å²) in [5, 5.41) is 0. The second-order valence-electron chi connectivity index (χ2n) is 8.93. The zero-order chi connectivity index (χ0) is 20.0. The van der Waals surface area contributed by atoms with Crippen LogP contribution in [0.2, 0.25) is 0 Å². The molecule has 0 amide bonds. The monoisotopic (exact) mass is 398 g/mol. The molecule has 2 saturated heterocycles. The number of likely N-dealkylation sites (tertiary alicyclic amines) is 1. The molecule has 5 rings (SSSR count). The second kappa shape index (κ2) is 7.34. The van der Waals surface area contributed by atoms with Gasteiger partial charge in [-0.15, -0.1) is 0 Å².